The highest BCUT2D eigenvalue weighted by Gasteiger charge is 1.98. The zero-order valence-electron chi connectivity index (χ0n) is 7.52. The molecule has 14 heavy (non-hydrogen) atoms. The molecule has 70 valence electrons. The predicted octanol–water partition coefficient (Wildman–Crippen LogP) is 2.72. The summed E-state index contributed by atoms with van der Waals surface area (Å²) in [6.45, 7) is 0. The Morgan fingerprint density at radius 1 is 1.07 bits per heavy atom. The van der Waals surface area contributed by atoms with Crippen LogP contribution in [-0.2, 0) is 6.42 Å². The molecule has 0 aliphatic carbocycles. The summed E-state index contributed by atoms with van der Waals surface area (Å²) in [5.41, 5.74) is 2.10. The Balaban J connectivity index is 2.19. The van der Waals surface area contributed by atoms with Gasteiger partial charge in [0.2, 0.25) is 0 Å². The fourth-order valence-electron chi connectivity index (χ4n) is 1.27. The summed E-state index contributed by atoms with van der Waals surface area (Å²) in [5.74, 6) is 0. The van der Waals surface area contributed by atoms with Crippen molar-refractivity contribution < 1.29 is 0 Å². The maximum Gasteiger partial charge on any atom is 0.147 e. The van der Waals surface area contributed by atoms with Crippen molar-refractivity contribution in [2.75, 3.05) is 0 Å². The maximum atomic E-state index is 5.74. The number of nitrogens with zero attached hydrogens (tertiary/aromatic N) is 2. The fraction of sp³-hybridized carbons (Fsp3) is 0.0909. The molecular weight excluding hydrogens is 196 g/mol. The number of hydrogen-bond donors (Lipinski definition) is 0. The molecule has 0 saturated heterocycles. The van der Waals surface area contributed by atoms with E-state index >= 15 is 0 Å². The van der Waals surface area contributed by atoms with Gasteiger partial charge in [-0.25, -0.2) is 4.98 Å². The van der Waals surface area contributed by atoms with Gasteiger partial charge < -0.3 is 0 Å². The Kier molecular flexibility index (Phi) is 2.75. The Labute approximate surface area is 87.6 Å². The normalized spacial score (nSPS) is 10.1. The second-order valence-corrected chi connectivity index (χ2v) is 3.38. The van der Waals surface area contributed by atoms with E-state index in [4.69, 9.17) is 11.6 Å². The van der Waals surface area contributed by atoms with Crippen molar-refractivity contribution in [3.63, 3.8) is 0 Å². The van der Waals surface area contributed by atoms with Crippen LogP contribution in [-0.4, -0.2) is 9.97 Å². The Bertz CT molecular complexity index is 415. The lowest BCUT2D eigenvalue weighted by molar-refractivity contribution is 1.03. The van der Waals surface area contributed by atoms with Crippen LogP contribution in [0.1, 0.15) is 11.3 Å². The molecule has 0 aliphatic rings. The summed E-state index contributed by atoms with van der Waals surface area (Å²) in [6, 6.07) is 10.1. The van der Waals surface area contributed by atoms with Gasteiger partial charge in [0.25, 0.3) is 0 Å². The van der Waals surface area contributed by atoms with E-state index in [0.717, 1.165) is 12.1 Å². The van der Waals surface area contributed by atoms with E-state index in [1.807, 2.05) is 18.2 Å². The quantitative estimate of drug-likeness (QED) is 0.752. The second-order valence-electron chi connectivity index (χ2n) is 3.00. The van der Waals surface area contributed by atoms with E-state index in [2.05, 4.69) is 22.1 Å². The van der Waals surface area contributed by atoms with Crippen LogP contribution in [0, 0.1) is 0 Å². The molecule has 0 atom stereocenters. The highest BCUT2D eigenvalue weighted by Crippen LogP contribution is 2.08. The Morgan fingerprint density at radius 2 is 1.86 bits per heavy atom. The van der Waals surface area contributed by atoms with Crippen molar-refractivity contribution in [2.45, 2.75) is 6.42 Å². The largest absolute Gasteiger partial charge is 0.260 e. The molecule has 0 amide bonds. The third-order valence-corrected chi connectivity index (χ3v) is 2.07. The second kappa shape index (κ2) is 4.20. The lowest BCUT2D eigenvalue weighted by Gasteiger charge is -1.99. The van der Waals surface area contributed by atoms with Gasteiger partial charge in [0.15, 0.2) is 0 Å². The van der Waals surface area contributed by atoms with Gasteiger partial charge in [-0.2, -0.15) is 0 Å². The van der Waals surface area contributed by atoms with Crippen LogP contribution in [0.4, 0.5) is 0 Å². The lowest BCUT2D eigenvalue weighted by atomic mass is 10.1. The molecule has 3 heteroatoms. The third-order valence-electron chi connectivity index (χ3n) is 1.88. The minimum absolute atomic E-state index is 0.443. The monoisotopic (exact) mass is 204 g/mol. The molecule has 0 N–H and O–H groups in total. The summed E-state index contributed by atoms with van der Waals surface area (Å²) in [7, 11) is 0. The van der Waals surface area contributed by atoms with Gasteiger partial charge >= 0.3 is 0 Å². The van der Waals surface area contributed by atoms with Crippen LogP contribution in [0.25, 0.3) is 0 Å². The molecular formula is C11H9ClN2. The molecule has 1 aromatic carbocycles. The van der Waals surface area contributed by atoms with E-state index in [9.17, 15) is 0 Å². The average molecular weight is 205 g/mol. The van der Waals surface area contributed by atoms with Crippen molar-refractivity contribution in [1.82, 2.24) is 9.97 Å². The predicted molar refractivity (Wildman–Crippen MR) is 56.3 cm³/mol. The van der Waals surface area contributed by atoms with Gasteiger partial charge in [0.1, 0.15) is 5.15 Å². The van der Waals surface area contributed by atoms with Crippen LogP contribution in [0.15, 0.2) is 42.7 Å². The SMILES string of the molecule is Clc1cncc(Cc2ccccc2)n1. The van der Waals surface area contributed by atoms with Gasteiger partial charge in [-0.1, -0.05) is 41.9 Å². The molecule has 1 heterocycles. The molecule has 0 bridgehead atoms. The molecule has 0 radical (unpaired) electrons. The summed E-state index contributed by atoms with van der Waals surface area (Å²) >= 11 is 5.74. The summed E-state index contributed by atoms with van der Waals surface area (Å²) in [5, 5.41) is 0.443. The van der Waals surface area contributed by atoms with Gasteiger partial charge in [-0.3, -0.25) is 4.98 Å². The van der Waals surface area contributed by atoms with E-state index in [1.165, 1.54) is 11.8 Å². The first-order valence-corrected chi connectivity index (χ1v) is 4.73. The molecule has 2 aromatic rings. The minimum Gasteiger partial charge on any atom is -0.260 e. The number of hydrogen-bond acceptors (Lipinski definition) is 2. The number of halogens is 1. The maximum absolute atomic E-state index is 5.74. The zero-order chi connectivity index (χ0) is 9.80. The molecule has 0 aliphatic heterocycles. The summed E-state index contributed by atoms with van der Waals surface area (Å²) in [6.07, 6.45) is 4.04. The average Bonchev–Trinajstić information content (AvgIpc) is 2.19. The van der Waals surface area contributed by atoms with E-state index in [-0.39, 0.29) is 0 Å². The van der Waals surface area contributed by atoms with Gasteiger partial charge in [-0.15, -0.1) is 0 Å². The molecule has 0 saturated carbocycles. The highest BCUT2D eigenvalue weighted by atomic mass is 35.5. The van der Waals surface area contributed by atoms with Crippen LogP contribution < -0.4 is 0 Å². The standard InChI is InChI=1S/C11H9ClN2/c12-11-8-13-7-10(14-11)6-9-4-2-1-3-5-9/h1-5,7-8H,6H2. The van der Waals surface area contributed by atoms with E-state index in [1.54, 1.807) is 6.20 Å². The highest BCUT2D eigenvalue weighted by molar-refractivity contribution is 6.29. The summed E-state index contributed by atoms with van der Waals surface area (Å²) < 4.78 is 0. The molecule has 1 aromatic heterocycles. The zero-order valence-corrected chi connectivity index (χ0v) is 8.28. The van der Waals surface area contributed by atoms with Crippen molar-refractivity contribution >= 4 is 11.6 Å². The smallest absolute Gasteiger partial charge is 0.147 e. The van der Waals surface area contributed by atoms with Crippen LogP contribution >= 0.6 is 11.6 Å². The van der Waals surface area contributed by atoms with Crippen molar-refractivity contribution in [1.29, 1.82) is 0 Å². The Hall–Kier alpha value is -1.41. The van der Waals surface area contributed by atoms with E-state index in [0.29, 0.717) is 5.15 Å². The van der Waals surface area contributed by atoms with E-state index < -0.39 is 0 Å². The molecule has 2 nitrogen and oxygen atoms in total. The fourth-order valence-corrected chi connectivity index (χ4v) is 1.43. The van der Waals surface area contributed by atoms with Gasteiger partial charge in [-0.05, 0) is 5.56 Å². The number of aromatic nitrogens is 2. The van der Waals surface area contributed by atoms with Crippen LogP contribution in [0.5, 0.6) is 0 Å². The molecule has 0 fully saturated rings. The van der Waals surface area contributed by atoms with Crippen molar-refractivity contribution in [3.8, 4) is 0 Å². The first-order chi connectivity index (χ1) is 6.84. The van der Waals surface area contributed by atoms with Crippen LogP contribution in [0.3, 0.4) is 0 Å². The molecule has 0 spiro atoms. The first kappa shape index (κ1) is 9.16. The topological polar surface area (TPSA) is 25.8 Å². The van der Waals surface area contributed by atoms with Gasteiger partial charge in [0, 0.05) is 12.6 Å². The van der Waals surface area contributed by atoms with Crippen LogP contribution in [0.2, 0.25) is 5.15 Å². The summed E-state index contributed by atoms with van der Waals surface area (Å²) in [4.78, 5) is 8.16. The Morgan fingerprint density at radius 3 is 2.57 bits per heavy atom. The van der Waals surface area contributed by atoms with Crippen molar-refractivity contribution in [3.05, 3.63) is 59.1 Å². The molecule has 2 rings (SSSR count). The van der Waals surface area contributed by atoms with Crippen molar-refractivity contribution in [2.24, 2.45) is 0 Å². The minimum atomic E-state index is 0.443. The lowest BCUT2D eigenvalue weighted by Crippen LogP contribution is -1.93. The number of benzene rings is 1. The number of rotatable bonds is 2. The first-order valence-electron chi connectivity index (χ1n) is 4.35. The molecule has 0 unspecified atom stereocenters. The third kappa shape index (κ3) is 2.30. The van der Waals surface area contributed by atoms with Gasteiger partial charge in [0.05, 0.1) is 11.9 Å².